The predicted octanol–water partition coefficient (Wildman–Crippen LogP) is 1.11. The molecule has 0 saturated heterocycles. The van der Waals surface area contributed by atoms with Gasteiger partial charge in [-0.25, -0.2) is 29.0 Å². The van der Waals surface area contributed by atoms with Crippen molar-refractivity contribution in [2.45, 2.75) is 24.8 Å². The van der Waals surface area contributed by atoms with Crippen molar-refractivity contribution in [2.75, 3.05) is 5.43 Å². The van der Waals surface area contributed by atoms with Gasteiger partial charge in [-0.05, 0) is 19.4 Å². The summed E-state index contributed by atoms with van der Waals surface area (Å²) in [4.78, 5) is 7.56. The molecule has 2 aromatic rings. The van der Waals surface area contributed by atoms with E-state index in [1.54, 1.807) is 6.92 Å². The van der Waals surface area contributed by atoms with E-state index in [4.69, 9.17) is 5.84 Å². The van der Waals surface area contributed by atoms with Crippen molar-refractivity contribution in [1.29, 1.82) is 0 Å². The minimum Gasteiger partial charge on any atom is -0.292 e. The molecule has 0 aliphatic carbocycles. The topological polar surface area (TPSA) is 110 Å². The van der Waals surface area contributed by atoms with Crippen LogP contribution in [-0.4, -0.2) is 18.4 Å². The van der Waals surface area contributed by atoms with E-state index in [1.807, 2.05) is 31.2 Å². The maximum Gasteiger partial charge on any atom is 0.244 e. The Hall–Kier alpha value is -2.03. The number of nitrogen functional groups attached to an aromatic ring is 1. The quantitative estimate of drug-likeness (QED) is 0.564. The van der Waals surface area contributed by atoms with Crippen molar-refractivity contribution in [3.05, 3.63) is 47.8 Å². The number of benzene rings is 1. The Balaban J connectivity index is 2.17. The first kappa shape index (κ1) is 15.4. The van der Waals surface area contributed by atoms with Gasteiger partial charge in [0.25, 0.3) is 0 Å². The molecule has 0 fully saturated rings. The highest BCUT2D eigenvalue weighted by atomic mass is 32.2. The lowest BCUT2D eigenvalue weighted by Gasteiger charge is -2.14. The highest BCUT2D eigenvalue weighted by Gasteiger charge is 2.19. The van der Waals surface area contributed by atoms with Crippen molar-refractivity contribution in [1.82, 2.24) is 14.7 Å². The van der Waals surface area contributed by atoms with Gasteiger partial charge in [0.05, 0.1) is 12.4 Å². The number of nitrogens with zero attached hydrogens (tertiary/aromatic N) is 2. The van der Waals surface area contributed by atoms with Gasteiger partial charge in [0, 0.05) is 6.04 Å². The summed E-state index contributed by atoms with van der Waals surface area (Å²) >= 11 is 0. The third-order valence-electron chi connectivity index (χ3n) is 2.98. The Kier molecular flexibility index (Phi) is 4.51. The SMILES string of the molecule is Cc1ccc(C(C)NS(=O)(=O)c2cnc(NN)nc2)cc1. The fourth-order valence-corrected chi connectivity index (χ4v) is 2.87. The van der Waals surface area contributed by atoms with Crippen molar-refractivity contribution in [3.63, 3.8) is 0 Å². The van der Waals surface area contributed by atoms with Gasteiger partial charge in [0.2, 0.25) is 16.0 Å². The molecule has 2 rings (SSSR count). The van der Waals surface area contributed by atoms with Gasteiger partial charge >= 0.3 is 0 Å². The minimum absolute atomic E-state index is 0.0135. The van der Waals surface area contributed by atoms with Crippen molar-refractivity contribution >= 4 is 16.0 Å². The molecule has 0 aliphatic rings. The molecular formula is C13H17N5O2S. The third-order valence-corrected chi connectivity index (χ3v) is 4.47. The molecule has 4 N–H and O–H groups in total. The number of aromatic nitrogens is 2. The molecule has 21 heavy (non-hydrogen) atoms. The normalized spacial score (nSPS) is 12.9. The fraction of sp³-hybridized carbons (Fsp3) is 0.231. The molecular weight excluding hydrogens is 290 g/mol. The molecule has 8 heteroatoms. The van der Waals surface area contributed by atoms with Crippen LogP contribution in [0.25, 0.3) is 0 Å². The number of nitrogens with two attached hydrogens (primary N) is 1. The largest absolute Gasteiger partial charge is 0.292 e. The summed E-state index contributed by atoms with van der Waals surface area (Å²) in [5, 5.41) is 0. The lowest BCUT2D eigenvalue weighted by Crippen LogP contribution is -2.27. The number of rotatable bonds is 5. The van der Waals surface area contributed by atoms with Crippen molar-refractivity contribution in [2.24, 2.45) is 5.84 Å². The van der Waals surface area contributed by atoms with Gasteiger partial charge in [-0.1, -0.05) is 29.8 Å². The van der Waals surface area contributed by atoms with Crippen LogP contribution in [0.3, 0.4) is 0 Å². The van der Waals surface area contributed by atoms with Crippen LogP contribution >= 0.6 is 0 Å². The molecule has 0 bridgehead atoms. The van der Waals surface area contributed by atoms with E-state index < -0.39 is 10.0 Å². The standard InChI is InChI=1S/C13H17N5O2S/c1-9-3-5-11(6-4-9)10(2)18-21(19,20)12-7-15-13(17-14)16-8-12/h3-8,10,18H,14H2,1-2H3,(H,15,16,17). The van der Waals surface area contributed by atoms with E-state index in [1.165, 1.54) is 12.4 Å². The highest BCUT2D eigenvalue weighted by Crippen LogP contribution is 2.17. The molecule has 0 saturated carbocycles. The van der Waals surface area contributed by atoms with Crippen molar-refractivity contribution < 1.29 is 8.42 Å². The zero-order valence-electron chi connectivity index (χ0n) is 11.7. The fourth-order valence-electron chi connectivity index (χ4n) is 1.75. The lowest BCUT2D eigenvalue weighted by atomic mass is 10.1. The van der Waals surface area contributed by atoms with Gasteiger partial charge in [-0.2, -0.15) is 0 Å². The number of sulfonamides is 1. The Morgan fingerprint density at radius 3 is 2.24 bits per heavy atom. The zero-order valence-corrected chi connectivity index (χ0v) is 12.6. The van der Waals surface area contributed by atoms with E-state index in [9.17, 15) is 8.42 Å². The van der Waals surface area contributed by atoms with Crippen LogP contribution in [0.1, 0.15) is 24.1 Å². The van der Waals surface area contributed by atoms with E-state index >= 15 is 0 Å². The summed E-state index contributed by atoms with van der Waals surface area (Å²) in [6.45, 7) is 3.75. The molecule has 1 atom stereocenters. The highest BCUT2D eigenvalue weighted by molar-refractivity contribution is 7.89. The lowest BCUT2D eigenvalue weighted by molar-refractivity contribution is 0.566. The van der Waals surface area contributed by atoms with Crippen LogP contribution < -0.4 is 16.0 Å². The predicted molar refractivity (Wildman–Crippen MR) is 79.8 cm³/mol. The summed E-state index contributed by atoms with van der Waals surface area (Å²) < 4.78 is 27.1. The third kappa shape index (κ3) is 3.75. The van der Waals surface area contributed by atoms with Crippen LogP contribution in [0, 0.1) is 6.92 Å². The maximum atomic E-state index is 12.2. The second kappa shape index (κ2) is 6.17. The number of nitrogens with one attached hydrogen (secondary N) is 2. The summed E-state index contributed by atoms with van der Waals surface area (Å²) in [6.07, 6.45) is 2.40. The molecule has 112 valence electrons. The van der Waals surface area contributed by atoms with Crippen LogP contribution in [0.15, 0.2) is 41.6 Å². The summed E-state index contributed by atoms with van der Waals surface area (Å²) in [5.74, 6) is 5.29. The number of hydrazine groups is 1. The van der Waals surface area contributed by atoms with E-state index in [0.717, 1.165) is 11.1 Å². The van der Waals surface area contributed by atoms with Crippen LogP contribution in [-0.2, 0) is 10.0 Å². The molecule has 0 spiro atoms. The van der Waals surface area contributed by atoms with Gasteiger partial charge < -0.3 is 0 Å². The minimum atomic E-state index is -3.69. The number of hydrogen-bond acceptors (Lipinski definition) is 6. The monoisotopic (exact) mass is 307 g/mol. The molecule has 0 amide bonds. The van der Waals surface area contributed by atoms with Crippen molar-refractivity contribution in [3.8, 4) is 0 Å². The maximum absolute atomic E-state index is 12.2. The Morgan fingerprint density at radius 2 is 1.71 bits per heavy atom. The number of hydrogen-bond donors (Lipinski definition) is 3. The first-order valence-electron chi connectivity index (χ1n) is 6.30. The number of aryl methyl sites for hydroxylation is 1. The molecule has 7 nitrogen and oxygen atoms in total. The molecule has 0 aliphatic heterocycles. The Labute approximate surface area is 123 Å². The molecule has 0 radical (unpaired) electrons. The smallest absolute Gasteiger partial charge is 0.244 e. The van der Waals surface area contributed by atoms with Gasteiger partial charge in [0.15, 0.2) is 0 Å². The molecule has 1 aromatic carbocycles. The van der Waals surface area contributed by atoms with Crippen LogP contribution in [0.4, 0.5) is 5.95 Å². The molecule has 1 heterocycles. The summed E-state index contributed by atoms with van der Waals surface area (Å²) in [5.41, 5.74) is 4.24. The average molecular weight is 307 g/mol. The molecule has 1 aromatic heterocycles. The van der Waals surface area contributed by atoms with E-state index in [2.05, 4.69) is 20.1 Å². The van der Waals surface area contributed by atoms with E-state index in [0.29, 0.717) is 0 Å². The Bertz CT molecular complexity index is 698. The second-order valence-electron chi connectivity index (χ2n) is 4.64. The number of anilines is 1. The summed E-state index contributed by atoms with van der Waals surface area (Å²) in [7, 11) is -3.69. The first-order valence-corrected chi connectivity index (χ1v) is 7.78. The van der Waals surface area contributed by atoms with E-state index in [-0.39, 0.29) is 16.9 Å². The van der Waals surface area contributed by atoms with Crippen LogP contribution in [0.2, 0.25) is 0 Å². The van der Waals surface area contributed by atoms with Crippen LogP contribution in [0.5, 0.6) is 0 Å². The summed E-state index contributed by atoms with van der Waals surface area (Å²) in [6, 6.07) is 7.29. The van der Waals surface area contributed by atoms with Gasteiger partial charge in [-0.3, -0.25) is 5.43 Å². The first-order chi connectivity index (χ1) is 9.92. The van der Waals surface area contributed by atoms with Gasteiger partial charge in [0.1, 0.15) is 4.90 Å². The van der Waals surface area contributed by atoms with Gasteiger partial charge in [-0.15, -0.1) is 0 Å². The molecule has 1 unspecified atom stereocenters. The average Bonchev–Trinajstić information content (AvgIpc) is 2.47. The second-order valence-corrected chi connectivity index (χ2v) is 6.35. The zero-order chi connectivity index (χ0) is 15.5. The Morgan fingerprint density at radius 1 is 1.14 bits per heavy atom.